The molecule has 0 amide bonds. The molecule has 5 nitrogen and oxygen atoms in total. The first-order valence-corrected chi connectivity index (χ1v) is 6.35. The van der Waals surface area contributed by atoms with Crippen molar-refractivity contribution in [3.05, 3.63) is 18.1 Å². The molecule has 0 radical (unpaired) electrons. The number of nitrogens with zero attached hydrogens (tertiary/aromatic N) is 3. The van der Waals surface area contributed by atoms with Crippen LogP contribution >= 0.6 is 0 Å². The maximum absolute atomic E-state index is 5.26. The van der Waals surface area contributed by atoms with Gasteiger partial charge in [0.05, 0.1) is 18.1 Å². The molecule has 0 atom stereocenters. The summed E-state index contributed by atoms with van der Waals surface area (Å²) < 4.78 is 0. The van der Waals surface area contributed by atoms with E-state index in [0.29, 0.717) is 5.82 Å². The summed E-state index contributed by atoms with van der Waals surface area (Å²) in [5.74, 6) is 5.87. The van der Waals surface area contributed by atoms with E-state index in [2.05, 4.69) is 27.2 Å². The van der Waals surface area contributed by atoms with E-state index >= 15 is 0 Å². The molecule has 0 bridgehead atoms. The molecule has 94 valence electrons. The average molecular weight is 235 g/mol. The van der Waals surface area contributed by atoms with Crippen LogP contribution in [0.3, 0.4) is 0 Å². The molecule has 1 fully saturated rings. The monoisotopic (exact) mass is 235 g/mol. The van der Waals surface area contributed by atoms with Gasteiger partial charge >= 0.3 is 0 Å². The van der Waals surface area contributed by atoms with Crippen LogP contribution in [-0.2, 0) is 6.54 Å². The van der Waals surface area contributed by atoms with Gasteiger partial charge in [0.15, 0.2) is 5.82 Å². The Morgan fingerprint density at radius 2 is 2.12 bits per heavy atom. The van der Waals surface area contributed by atoms with Crippen LogP contribution in [0.1, 0.15) is 38.3 Å². The van der Waals surface area contributed by atoms with Crippen molar-refractivity contribution in [3.8, 4) is 0 Å². The number of anilines is 1. The fourth-order valence-corrected chi connectivity index (χ4v) is 2.49. The van der Waals surface area contributed by atoms with Gasteiger partial charge in [-0.05, 0) is 19.4 Å². The smallest absolute Gasteiger partial charge is 0.158 e. The zero-order valence-corrected chi connectivity index (χ0v) is 10.4. The van der Waals surface area contributed by atoms with E-state index in [1.165, 1.54) is 25.7 Å². The highest BCUT2D eigenvalue weighted by Gasteiger charge is 2.21. The lowest BCUT2D eigenvalue weighted by atomic mass is 10.2. The minimum absolute atomic E-state index is 0.609. The summed E-state index contributed by atoms with van der Waals surface area (Å²) in [6.07, 6.45) is 8.85. The summed E-state index contributed by atoms with van der Waals surface area (Å²) in [6.45, 7) is 4.17. The predicted octanol–water partition coefficient (Wildman–Crippen LogP) is 1.53. The van der Waals surface area contributed by atoms with Gasteiger partial charge in [-0.25, -0.2) is 10.8 Å². The van der Waals surface area contributed by atoms with Crippen molar-refractivity contribution in [2.24, 2.45) is 5.84 Å². The molecule has 0 aromatic carbocycles. The van der Waals surface area contributed by atoms with E-state index in [-0.39, 0.29) is 0 Å². The molecule has 1 aliphatic carbocycles. The van der Waals surface area contributed by atoms with E-state index in [9.17, 15) is 0 Å². The molecule has 1 aliphatic rings. The molecule has 0 saturated heterocycles. The summed E-state index contributed by atoms with van der Waals surface area (Å²) in [6, 6.07) is 0.731. The molecule has 0 spiro atoms. The second-order valence-corrected chi connectivity index (χ2v) is 4.54. The lowest BCUT2D eigenvalue weighted by molar-refractivity contribution is 0.198. The molecule has 3 N–H and O–H groups in total. The SMILES string of the molecule is CCN(Cc1cnc(NN)cn1)C1CCCC1. The van der Waals surface area contributed by atoms with E-state index in [1.54, 1.807) is 12.4 Å². The van der Waals surface area contributed by atoms with Crippen molar-refractivity contribution in [2.75, 3.05) is 12.0 Å². The lowest BCUT2D eigenvalue weighted by Crippen LogP contribution is -2.32. The maximum Gasteiger partial charge on any atom is 0.158 e. The molecule has 1 heterocycles. The molecule has 1 saturated carbocycles. The topological polar surface area (TPSA) is 67.1 Å². The van der Waals surface area contributed by atoms with Gasteiger partial charge in [-0.2, -0.15) is 0 Å². The predicted molar refractivity (Wildman–Crippen MR) is 68.2 cm³/mol. The van der Waals surface area contributed by atoms with Crippen molar-refractivity contribution < 1.29 is 0 Å². The fourth-order valence-electron chi connectivity index (χ4n) is 2.49. The molecule has 2 rings (SSSR count). The van der Waals surface area contributed by atoms with Crippen LogP contribution in [0.25, 0.3) is 0 Å². The fraction of sp³-hybridized carbons (Fsp3) is 0.667. The van der Waals surface area contributed by atoms with Crippen LogP contribution in [0, 0.1) is 0 Å². The highest BCUT2D eigenvalue weighted by molar-refractivity contribution is 5.28. The zero-order chi connectivity index (χ0) is 12.1. The lowest BCUT2D eigenvalue weighted by Gasteiger charge is -2.26. The van der Waals surface area contributed by atoms with Crippen LogP contribution in [0.15, 0.2) is 12.4 Å². The Balaban J connectivity index is 1.96. The molecule has 17 heavy (non-hydrogen) atoms. The number of aromatic nitrogens is 2. The Hall–Kier alpha value is -1.20. The maximum atomic E-state index is 5.26. The molecule has 5 heteroatoms. The summed E-state index contributed by atoms with van der Waals surface area (Å²) in [5.41, 5.74) is 3.50. The number of nitrogens with two attached hydrogens (primary N) is 1. The third-order valence-corrected chi connectivity index (χ3v) is 3.47. The number of rotatable bonds is 5. The van der Waals surface area contributed by atoms with Crippen molar-refractivity contribution >= 4 is 5.82 Å². The van der Waals surface area contributed by atoms with E-state index in [1.807, 2.05) is 0 Å². The molecular weight excluding hydrogens is 214 g/mol. The molecule has 1 aromatic heterocycles. The van der Waals surface area contributed by atoms with Crippen LogP contribution in [0.4, 0.5) is 5.82 Å². The Bertz CT molecular complexity index is 331. The van der Waals surface area contributed by atoms with Gasteiger partial charge in [0.1, 0.15) is 0 Å². The van der Waals surface area contributed by atoms with Crippen LogP contribution < -0.4 is 11.3 Å². The number of hydrazine groups is 1. The zero-order valence-electron chi connectivity index (χ0n) is 10.4. The highest BCUT2D eigenvalue weighted by atomic mass is 15.3. The average Bonchev–Trinajstić information content (AvgIpc) is 2.90. The van der Waals surface area contributed by atoms with E-state index in [4.69, 9.17) is 5.84 Å². The van der Waals surface area contributed by atoms with E-state index in [0.717, 1.165) is 24.8 Å². The van der Waals surface area contributed by atoms with Gasteiger partial charge in [0.2, 0.25) is 0 Å². The summed E-state index contributed by atoms with van der Waals surface area (Å²) in [4.78, 5) is 11.0. The first-order chi connectivity index (χ1) is 8.33. The Labute approximate surface area is 102 Å². The van der Waals surface area contributed by atoms with Crippen molar-refractivity contribution in [1.82, 2.24) is 14.9 Å². The third kappa shape index (κ3) is 3.14. The highest BCUT2D eigenvalue weighted by Crippen LogP contribution is 2.24. The summed E-state index contributed by atoms with van der Waals surface area (Å²) in [5, 5.41) is 0. The van der Waals surface area contributed by atoms with Gasteiger partial charge in [-0.15, -0.1) is 0 Å². The molecule has 1 aromatic rings. The first kappa shape index (κ1) is 12.3. The summed E-state index contributed by atoms with van der Waals surface area (Å²) >= 11 is 0. The van der Waals surface area contributed by atoms with Gasteiger partial charge in [-0.1, -0.05) is 19.8 Å². The Kier molecular flexibility index (Phi) is 4.28. The Morgan fingerprint density at radius 1 is 1.35 bits per heavy atom. The van der Waals surface area contributed by atoms with Crippen molar-refractivity contribution in [3.63, 3.8) is 0 Å². The first-order valence-electron chi connectivity index (χ1n) is 6.35. The number of hydrogen-bond acceptors (Lipinski definition) is 5. The van der Waals surface area contributed by atoms with Crippen LogP contribution in [-0.4, -0.2) is 27.5 Å². The van der Waals surface area contributed by atoms with Gasteiger partial charge in [0, 0.05) is 12.6 Å². The minimum Gasteiger partial charge on any atom is -0.307 e. The largest absolute Gasteiger partial charge is 0.307 e. The molecular formula is C12H21N5. The van der Waals surface area contributed by atoms with Crippen molar-refractivity contribution in [1.29, 1.82) is 0 Å². The number of nitrogens with one attached hydrogen (secondary N) is 1. The van der Waals surface area contributed by atoms with Crippen LogP contribution in [0.5, 0.6) is 0 Å². The van der Waals surface area contributed by atoms with E-state index < -0.39 is 0 Å². The minimum atomic E-state index is 0.609. The number of hydrogen-bond donors (Lipinski definition) is 2. The second kappa shape index (κ2) is 5.93. The van der Waals surface area contributed by atoms with Gasteiger partial charge < -0.3 is 5.43 Å². The molecule has 0 aliphatic heterocycles. The summed E-state index contributed by atoms with van der Waals surface area (Å²) in [7, 11) is 0. The van der Waals surface area contributed by atoms with Crippen molar-refractivity contribution in [2.45, 2.75) is 45.2 Å². The van der Waals surface area contributed by atoms with Crippen LogP contribution in [0.2, 0.25) is 0 Å². The standard InChI is InChI=1S/C12H21N5/c1-2-17(11-5-3-4-6-11)9-10-7-15-12(16-13)8-14-10/h7-8,11H,2-6,9,13H2,1H3,(H,15,16). The third-order valence-electron chi connectivity index (χ3n) is 3.47. The quantitative estimate of drug-likeness (QED) is 0.598. The number of nitrogen functional groups attached to an aromatic ring is 1. The Morgan fingerprint density at radius 3 is 2.65 bits per heavy atom. The normalized spacial score (nSPS) is 16.6. The molecule has 0 unspecified atom stereocenters. The second-order valence-electron chi connectivity index (χ2n) is 4.54. The van der Waals surface area contributed by atoms with Gasteiger partial charge in [0.25, 0.3) is 0 Å². The van der Waals surface area contributed by atoms with Gasteiger partial charge in [-0.3, -0.25) is 9.88 Å².